The zero-order valence-electron chi connectivity index (χ0n) is 23.6. The second-order valence-electron chi connectivity index (χ2n) is 11.2. The van der Waals surface area contributed by atoms with Gasteiger partial charge in [-0.05, 0) is 35.6 Å². The van der Waals surface area contributed by atoms with E-state index in [-0.39, 0.29) is 21.1 Å². The number of imidazole rings is 1. The van der Waals surface area contributed by atoms with E-state index in [0.29, 0.717) is 11.5 Å². The Bertz CT molecular complexity index is 2620. The number of fused-ring (bicyclic) bond motifs is 11. The molecule has 0 N–H and O–H groups in total. The summed E-state index contributed by atoms with van der Waals surface area (Å²) in [6.07, 6.45) is 6.55. The standard InChI is InChI=1S/C38H21N5O.Pt/c1-2-7-23(8-3-1)33-22-42-36-30(11-5-17-39-36)28-16-15-26(20-32(28)38(42)41-33)44-27-14-13-24-19-25-9-4-10-29-31-12-6-18-40-37(31)43(35(25)29)34(24)21-27;/h1-18,22H,19H2;/q-2;+2. The van der Waals surface area contributed by atoms with Gasteiger partial charge in [-0.1, -0.05) is 77.1 Å². The van der Waals surface area contributed by atoms with Crippen LogP contribution in [0.25, 0.3) is 66.3 Å². The molecule has 7 heteroatoms. The maximum Gasteiger partial charge on any atom is 2.00 e. The van der Waals surface area contributed by atoms with E-state index >= 15 is 0 Å². The summed E-state index contributed by atoms with van der Waals surface area (Å²) in [6, 6.07) is 40.2. The second-order valence-corrected chi connectivity index (χ2v) is 11.2. The van der Waals surface area contributed by atoms with Crippen LogP contribution in [0.1, 0.15) is 11.1 Å². The topological polar surface area (TPSA) is 57.2 Å². The van der Waals surface area contributed by atoms with Crippen molar-refractivity contribution in [2.75, 3.05) is 0 Å². The van der Waals surface area contributed by atoms with Gasteiger partial charge in [0.2, 0.25) is 0 Å². The molecule has 0 spiro atoms. The van der Waals surface area contributed by atoms with Crippen molar-refractivity contribution in [3.05, 3.63) is 139 Å². The molecule has 6 nitrogen and oxygen atoms in total. The first-order valence-electron chi connectivity index (χ1n) is 14.6. The number of hydrogen-bond acceptors (Lipinski definition) is 4. The molecule has 1 aliphatic rings. The van der Waals surface area contributed by atoms with E-state index in [2.05, 4.69) is 75.7 Å². The molecule has 214 valence electrons. The maximum atomic E-state index is 6.48. The molecule has 4 aromatic carbocycles. The van der Waals surface area contributed by atoms with Crippen LogP contribution in [0.4, 0.5) is 0 Å². The zero-order valence-corrected chi connectivity index (χ0v) is 25.9. The van der Waals surface area contributed by atoms with Crippen molar-refractivity contribution in [3.63, 3.8) is 0 Å². The summed E-state index contributed by atoms with van der Waals surface area (Å²) in [6.45, 7) is 0. The molecule has 5 aromatic heterocycles. The van der Waals surface area contributed by atoms with Gasteiger partial charge in [-0.3, -0.25) is 4.98 Å². The Morgan fingerprint density at radius 2 is 1.38 bits per heavy atom. The van der Waals surface area contributed by atoms with E-state index in [4.69, 9.17) is 19.7 Å². The first-order valence-corrected chi connectivity index (χ1v) is 14.6. The predicted octanol–water partition coefficient (Wildman–Crippen LogP) is 8.49. The van der Waals surface area contributed by atoms with Gasteiger partial charge in [0, 0.05) is 46.4 Å². The fraction of sp³-hybridized carbons (Fsp3) is 0.0263. The third kappa shape index (κ3) is 3.82. The van der Waals surface area contributed by atoms with Gasteiger partial charge in [-0.15, -0.1) is 29.8 Å². The molecule has 0 amide bonds. The quantitative estimate of drug-likeness (QED) is 0.134. The number of nitrogens with zero attached hydrogens (tertiary/aromatic N) is 5. The average Bonchev–Trinajstić information content (AvgIpc) is 3.68. The molecule has 10 rings (SSSR count). The van der Waals surface area contributed by atoms with E-state index in [1.165, 1.54) is 22.0 Å². The maximum absolute atomic E-state index is 6.48. The Hall–Kier alpha value is -5.32. The molecule has 6 heterocycles. The van der Waals surface area contributed by atoms with Crippen molar-refractivity contribution in [2.45, 2.75) is 6.42 Å². The minimum atomic E-state index is 0. The number of rotatable bonds is 3. The predicted molar refractivity (Wildman–Crippen MR) is 173 cm³/mol. The van der Waals surface area contributed by atoms with Gasteiger partial charge in [0.15, 0.2) is 0 Å². The third-order valence-corrected chi connectivity index (χ3v) is 8.66. The minimum absolute atomic E-state index is 0. The summed E-state index contributed by atoms with van der Waals surface area (Å²) in [4.78, 5) is 14.5. The molecule has 0 aliphatic carbocycles. The summed E-state index contributed by atoms with van der Waals surface area (Å²) in [7, 11) is 0. The van der Waals surface area contributed by atoms with E-state index < -0.39 is 0 Å². The fourth-order valence-corrected chi connectivity index (χ4v) is 6.74. The number of benzene rings is 4. The molecule has 0 unspecified atom stereocenters. The molecule has 0 bridgehead atoms. The molecule has 0 radical (unpaired) electrons. The van der Waals surface area contributed by atoms with Gasteiger partial charge < -0.3 is 13.7 Å². The number of pyridine rings is 3. The largest absolute Gasteiger partial charge is 2.00 e. The van der Waals surface area contributed by atoms with Crippen LogP contribution >= 0.6 is 0 Å². The molecular formula is C38H21N5OPt. The van der Waals surface area contributed by atoms with Gasteiger partial charge in [-0.2, -0.15) is 6.07 Å². The Balaban J connectivity index is 0.00000281. The van der Waals surface area contributed by atoms with Crippen LogP contribution in [-0.4, -0.2) is 23.9 Å². The van der Waals surface area contributed by atoms with Crippen LogP contribution < -0.4 is 4.74 Å². The first kappa shape index (κ1) is 26.1. The van der Waals surface area contributed by atoms with Crippen LogP contribution in [-0.2, 0) is 27.5 Å². The third-order valence-electron chi connectivity index (χ3n) is 8.66. The van der Waals surface area contributed by atoms with Crippen molar-refractivity contribution in [1.82, 2.24) is 23.9 Å². The second kappa shape index (κ2) is 9.85. The van der Waals surface area contributed by atoms with Crippen molar-refractivity contribution >= 4 is 49.4 Å². The number of para-hydroxylation sites is 1. The van der Waals surface area contributed by atoms with Gasteiger partial charge in [0.05, 0.1) is 16.9 Å². The summed E-state index contributed by atoms with van der Waals surface area (Å²) in [5, 5.41) is 5.28. The van der Waals surface area contributed by atoms with Gasteiger partial charge in [-0.25, -0.2) is 9.97 Å². The zero-order chi connectivity index (χ0) is 28.8. The minimum Gasteiger partial charge on any atom is -0.503 e. The number of hydrogen-bond donors (Lipinski definition) is 0. The average molecular weight is 759 g/mol. The van der Waals surface area contributed by atoms with Crippen LogP contribution in [0.15, 0.2) is 116 Å². The monoisotopic (exact) mass is 758 g/mol. The fourth-order valence-electron chi connectivity index (χ4n) is 6.74. The van der Waals surface area contributed by atoms with E-state index in [0.717, 1.165) is 61.9 Å². The molecule has 0 atom stereocenters. The Labute approximate surface area is 271 Å². The summed E-state index contributed by atoms with van der Waals surface area (Å²) >= 11 is 0. The molecule has 45 heavy (non-hydrogen) atoms. The van der Waals surface area contributed by atoms with Crippen LogP contribution in [0.3, 0.4) is 0 Å². The summed E-state index contributed by atoms with van der Waals surface area (Å²) < 4.78 is 10.8. The Morgan fingerprint density at radius 3 is 2.24 bits per heavy atom. The molecule has 0 saturated carbocycles. The van der Waals surface area contributed by atoms with Crippen molar-refractivity contribution < 1.29 is 25.8 Å². The SMILES string of the molecule is [Pt+2].[c-]1c(Oc2[c-]c3c(cc2)c2cccnc2n2cc(-c4ccccc4)nc32)ccc2c1-n1c3ncccc3c3cccc(c31)C2. The van der Waals surface area contributed by atoms with Gasteiger partial charge in [0.1, 0.15) is 11.3 Å². The van der Waals surface area contributed by atoms with E-state index in [1.807, 2.05) is 61.1 Å². The van der Waals surface area contributed by atoms with Gasteiger partial charge in [0.25, 0.3) is 0 Å². The van der Waals surface area contributed by atoms with Crippen molar-refractivity contribution in [2.24, 2.45) is 0 Å². The number of aromatic nitrogens is 5. The van der Waals surface area contributed by atoms with Gasteiger partial charge >= 0.3 is 21.1 Å². The van der Waals surface area contributed by atoms with E-state index in [1.54, 1.807) is 0 Å². The number of ether oxygens (including phenoxy) is 1. The smallest absolute Gasteiger partial charge is 0.503 e. The van der Waals surface area contributed by atoms with E-state index in [9.17, 15) is 0 Å². The van der Waals surface area contributed by atoms with Crippen LogP contribution in [0, 0.1) is 12.1 Å². The van der Waals surface area contributed by atoms with Crippen molar-refractivity contribution in [1.29, 1.82) is 0 Å². The molecule has 1 aliphatic heterocycles. The Morgan fingerprint density at radius 1 is 0.622 bits per heavy atom. The summed E-state index contributed by atoms with van der Waals surface area (Å²) in [5.74, 6) is 1.22. The Kier molecular flexibility index (Phi) is 5.71. The summed E-state index contributed by atoms with van der Waals surface area (Å²) in [5.41, 5.74) is 9.14. The molecule has 9 aromatic rings. The molecular weight excluding hydrogens is 738 g/mol. The first-order chi connectivity index (χ1) is 21.8. The molecule has 0 saturated heterocycles. The van der Waals surface area contributed by atoms with Crippen molar-refractivity contribution in [3.8, 4) is 28.4 Å². The van der Waals surface area contributed by atoms with Crippen LogP contribution in [0.2, 0.25) is 0 Å². The molecule has 0 fully saturated rings. The normalized spacial score (nSPS) is 12.2. The van der Waals surface area contributed by atoms with Crippen LogP contribution in [0.5, 0.6) is 11.5 Å².